The molecule has 0 saturated carbocycles. The number of amides is 1. The second kappa shape index (κ2) is 9.75. The average Bonchev–Trinajstić information content (AvgIpc) is 2.74. The van der Waals surface area contributed by atoms with Crippen molar-refractivity contribution in [2.45, 2.75) is 19.3 Å². The number of nitrogens with one attached hydrogen (secondary N) is 2. The van der Waals surface area contributed by atoms with Crippen molar-refractivity contribution < 1.29 is 9.53 Å². The van der Waals surface area contributed by atoms with Gasteiger partial charge >= 0.3 is 0 Å². The largest absolute Gasteiger partial charge is 0.493 e. The van der Waals surface area contributed by atoms with Crippen LogP contribution >= 0.6 is 0 Å². The Labute approximate surface area is 165 Å². The molecule has 2 N–H and O–H groups in total. The molecule has 0 aliphatic carbocycles. The zero-order chi connectivity index (χ0) is 19.8. The number of carbonyl (C=O) groups is 1. The molecule has 1 aromatic carbocycles. The number of ether oxygens (including phenoxy) is 1. The Morgan fingerprint density at radius 3 is 2.86 bits per heavy atom. The molecule has 7 heteroatoms. The van der Waals surface area contributed by atoms with E-state index < -0.39 is 0 Å². The van der Waals surface area contributed by atoms with Gasteiger partial charge in [0, 0.05) is 24.0 Å². The normalized spacial score (nSPS) is 14.3. The van der Waals surface area contributed by atoms with Gasteiger partial charge in [-0.3, -0.25) is 14.8 Å². The first kappa shape index (κ1) is 19.7. The van der Waals surface area contributed by atoms with Crippen molar-refractivity contribution in [3.8, 4) is 5.75 Å². The molecule has 1 aliphatic rings. The predicted molar refractivity (Wildman–Crippen MR) is 111 cm³/mol. The highest BCUT2D eigenvalue weighted by Crippen LogP contribution is 2.35. The number of benzene rings is 1. The number of anilines is 1. The lowest BCUT2D eigenvalue weighted by Crippen LogP contribution is -2.28. The smallest absolute Gasteiger partial charge is 0.275 e. The van der Waals surface area contributed by atoms with Crippen LogP contribution in [0.3, 0.4) is 0 Å². The van der Waals surface area contributed by atoms with Gasteiger partial charge in [0.2, 0.25) is 0 Å². The van der Waals surface area contributed by atoms with Crippen LogP contribution < -0.4 is 15.4 Å². The SMILES string of the molecule is C=Cc1cc(OCCC2CCNCC2)cc(NC(=O)c2cnccn2)c1N=C. The minimum Gasteiger partial charge on any atom is -0.493 e. The summed E-state index contributed by atoms with van der Waals surface area (Å²) in [6, 6.07) is 3.62. The minimum atomic E-state index is -0.375. The number of carbonyl (C=O) groups excluding carboxylic acids is 1. The molecule has 1 amide bonds. The summed E-state index contributed by atoms with van der Waals surface area (Å²) in [7, 11) is 0. The maximum absolute atomic E-state index is 12.5. The number of aliphatic imine (C=N–C) groups is 1. The first-order chi connectivity index (χ1) is 13.7. The van der Waals surface area contributed by atoms with Crippen LogP contribution in [-0.2, 0) is 0 Å². The van der Waals surface area contributed by atoms with Gasteiger partial charge in [-0.2, -0.15) is 0 Å². The molecule has 28 heavy (non-hydrogen) atoms. The van der Waals surface area contributed by atoms with E-state index in [4.69, 9.17) is 4.74 Å². The summed E-state index contributed by atoms with van der Waals surface area (Å²) in [5.74, 6) is 0.968. The zero-order valence-electron chi connectivity index (χ0n) is 15.9. The summed E-state index contributed by atoms with van der Waals surface area (Å²) >= 11 is 0. The molecule has 3 rings (SSSR count). The van der Waals surface area contributed by atoms with Crippen molar-refractivity contribution in [3.05, 3.63) is 48.6 Å². The summed E-state index contributed by atoms with van der Waals surface area (Å²) in [4.78, 5) is 24.5. The van der Waals surface area contributed by atoms with Crippen molar-refractivity contribution in [3.63, 3.8) is 0 Å². The van der Waals surface area contributed by atoms with E-state index in [1.165, 1.54) is 31.4 Å². The van der Waals surface area contributed by atoms with E-state index in [0.29, 0.717) is 29.6 Å². The lowest BCUT2D eigenvalue weighted by Gasteiger charge is -2.22. The molecule has 0 bridgehead atoms. The van der Waals surface area contributed by atoms with Crippen LogP contribution in [-0.4, -0.2) is 42.3 Å². The molecular weight excluding hydrogens is 354 g/mol. The number of hydrogen-bond donors (Lipinski definition) is 2. The standard InChI is InChI=1S/C21H25N5O2/c1-3-16-12-17(28-11-6-15-4-7-23-8-5-15)13-18(20(16)22-2)26-21(27)19-14-24-9-10-25-19/h3,9-10,12-15,23H,1-2,4-8,11H2,(H,26,27). The summed E-state index contributed by atoms with van der Waals surface area (Å²) in [5.41, 5.74) is 2.00. The lowest BCUT2D eigenvalue weighted by molar-refractivity contribution is 0.102. The molecule has 1 aliphatic heterocycles. The molecule has 0 atom stereocenters. The van der Waals surface area contributed by atoms with Crippen LogP contribution in [0, 0.1) is 5.92 Å². The highest BCUT2D eigenvalue weighted by atomic mass is 16.5. The Balaban J connectivity index is 1.74. The second-order valence-electron chi connectivity index (χ2n) is 6.65. The van der Waals surface area contributed by atoms with Gasteiger partial charge in [0.15, 0.2) is 0 Å². The van der Waals surface area contributed by atoms with E-state index in [1.807, 2.05) is 6.07 Å². The Morgan fingerprint density at radius 2 is 2.18 bits per heavy atom. The first-order valence-electron chi connectivity index (χ1n) is 9.39. The van der Waals surface area contributed by atoms with Crippen molar-refractivity contribution in [1.29, 1.82) is 0 Å². The van der Waals surface area contributed by atoms with Gasteiger partial charge in [0.05, 0.1) is 24.2 Å². The Morgan fingerprint density at radius 1 is 1.36 bits per heavy atom. The first-order valence-corrected chi connectivity index (χ1v) is 9.39. The average molecular weight is 379 g/mol. The third kappa shape index (κ3) is 5.01. The van der Waals surface area contributed by atoms with Gasteiger partial charge in [-0.05, 0) is 51.1 Å². The quantitative estimate of drug-likeness (QED) is 0.686. The minimum absolute atomic E-state index is 0.217. The van der Waals surface area contributed by atoms with Crippen LogP contribution in [0.5, 0.6) is 5.75 Å². The van der Waals surface area contributed by atoms with E-state index >= 15 is 0 Å². The molecule has 7 nitrogen and oxygen atoms in total. The van der Waals surface area contributed by atoms with Gasteiger partial charge in [-0.15, -0.1) is 0 Å². The fourth-order valence-corrected chi connectivity index (χ4v) is 3.26. The number of aromatic nitrogens is 2. The van der Waals surface area contributed by atoms with Crippen LogP contribution in [0.15, 0.2) is 42.3 Å². The Kier molecular flexibility index (Phi) is 6.86. The van der Waals surface area contributed by atoms with Crippen molar-refractivity contribution >= 4 is 30.1 Å². The lowest BCUT2D eigenvalue weighted by atomic mass is 9.95. The Hall–Kier alpha value is -3.06. The second-order valence-corrected chi connectivity index (χ2v) is 6.65. The molecule has 146 valence electrons. The van der Waals surface area contributed by atoms with Crippen molar-refractivity contribution in [2.24, 2.45) is 10.9 Å². The maximum Gasteiger partial charge on any atom is 0.275 e. The van der Waals surface area contributed by atoms with Crippen molar-refractivity contribution in [1.82, 2.24) is 15.3 Å². The van der Waals surface area contributed by atoms with Crippen molar-refractivity contribution in [2.75, 3.05) is 25.0 Å². The fraction of sp³-hybridized carbons (Fsp3) is 0.333. The van der Waals surface area contributed by atoms with E-state index in [-0.39, 0.29) is 11.6 Å². The summed E-state index contributed by atoms with van der Waals surface area (Å²) in [6.45, 7) is 10.2. The molecule has 1 aromatic heterocycles. The molecule has 0 spiro atoms. The number of rotatable bonds is 8. The fourth-order valence-electron chi connectivity index (χ4n) is 3.26. The van der Waals surface area contributed by atoms with E-state index in [0.717, 1.165) is 25.1 Å². The van der Waals surface area contributed by atoms with Crippen LogP contribution in [0.1, 0.15) is 35.3 Å². The highest BCUT2D eigenvalue weighted by Gasteiger charge is 2.16. The summed E-state index contributed by atoms with van der Waals surface area (Å²) < 4.78 is 5.97. The molecular formula is C21H25N5O2. The summed E-state index contributed by atoms with van der Waals surface area (Å²) in [6.07, 6.45) is 9.43. The molecule has 2 aromatic rings. The number of hydrogen-bond acceptors (Lipinski definition) is 6. The molecule has 1 fully saturated rings. The highest BCUT2D eigenvalue weighted by molar-refractivity contribution is 6.05. The number of piperidine rings is 1. The molecule has 1 saturated heterocycles. The van der Waals surface area contributed by atoms with Gasteiger partial charge in [0.1, 0.15) is 11.4 Å². The Bertz CT molecular complexity index is 832. The van der Waals surface area contributed by atoms with Crippen LogP contribution in [0.4, 0.5) is 11.4 Å². The third-order valence-electron chi connectivity index (χ3n) is 4.79. The third-order valence-corrected chi connectivity index (χ3v) is 4.79. The van der Waals surface area contributed by atoms with Gasteiger partial charge in [0.25, 0.3) is 5.91 Å². The van der Waals surface area contributed by atoms with Gasteiger partial charge in [-0.1, -0.05) is 12.7 Å². The predicted octanol–water partition coefficient (Wildman–Crippen LogP) is 3.47. The number of nitrogens with zero attached hydrogens (tertiary/aromatic N) is 3. The maximum atomic E-state index is 12.5. The van der Waals surface area contributed by atoms with Crippen LogP contribution in [0.2, 0.25) is 0 Å². The molecule has 0 radical (unpaired) electrons. The van der Waals surface area contributed by atoms with Crippen LogP contribution in [0.25, 0.3) is 6.08 Å². The van der Waals surface area contributed by atoms with E-state index in [9.17, 15) is 4.79 Å². The summed E-state index contributed by atoms with van der Waals surface area (Å²) in [5, 5.41) is 6.19. The molecule has 2 heterocycles. The van der Waals surface area contributed by atoms with Gasteiger partial charge in [-0.25, -0.2) is 4.98 Å². The van der Waals surface area contributed by atoms with E-state index in [1.54, 1.807) is 12.1 Å². The van der Waals surface area contributed by atoms with E-state index in [2.05, 4.69) is 38.9 Å². The topological polar surface area (TPSA) is 88.5 Å². The zero-order valence-corrected chi connectivity index (χ0v) is 15.9. The van der Waals surface area contributed by atoms with Gasteiger partial charge < -0.3 is 15.4 Å². The monoisotopic (exact) mass is 379 g/mol. The molecule has 0 unspecified atom stereocenters.